The Kier molecular flexibility index (Phi) is 3.90. The van der Waals surface area contributed by atoms with Crippen LogP contribution in [0.2, 0.25) is 0 Å². The van der Waals surface area contributed by atoms with E-state index in [1.54, 1.807) is 6.20 Å². The molecule has 0 saturated heterocycles. The first kappa shape index (κ1) is 13.6. The number of sulfone groups is 1. The second-order valence-electron chi connectivity index (χ2n) is 4.52. The van der Waals surface area contributed by atoms with Gasteiger partial charge in [0.15, 0.2) is 0 Å². The fraction of sp³-hybridized carbons (Fsp3) is 0.308. The zero-order valence-corrected chi connectivity index (χ0v) is 11.5. The quantitative estimate of drug-likeness (QED) is 0.853. The Morgan fingerprint density at radius 2 is 2.05 bits per heavy atom. The van der Waals surface area contributed by atoms with Crippen molar-refractivity contribution in [3.63, 3.8) is 0 Å². The molecular formula is C13H16N2O3S. The summed E-state index contributed by atoms with van der Waals surface area (Å²) in [6, 6.07) is 7.74. The van der Waals surface area contributed by atoms with Crippen molar-refractivity contribution in [3.8, 4) is 0 Å². The maximum Gasteiger partial charge on any atom is 0.224 e. The molecule has 0 fully saturated rings. The third-order valence-electron chi connectivity index (χ3n) is 2.82. The number of aromatic amines is 1. The average molecular weight is 280 g/mol. The molecule has 2 rings (SSSR count). The number of rotatable bonds is 5. The standard InChI is InChI=1S/C13H16N2O3S/c1-19(17,18)7-6-14-13(16)8-10-9-15-12-5-3-2-4-11(10)12/h2-5,9,15H,6-8H2,1H3,(H,14,16). The summed E-state index contributed by atoms with van der Waals surface area (Å²) >= 11 is 0. The molecule has 0 aliphatic carbocycles. The molecular weight excluding hydrogens is 264 g/mol. The molecule has 102 valence electrons. The summed E-state index contributed by atoms with van der Waals surface area (Å²) in [6.45, 7) is 0.153. The number of benzene rings is 1. The van der Waals surface area contributed by atoms with Crippen LogP contribution < -0.4 is 5.32 Å². The first-order chi connectivity index (χ1) is 8.96. The summed E-state index contributed by atoms with van der Waals surface area (Å²) in [5.74, 6) is -0.208. The average Bonchev–Trinajstić information content (AvgIpc) is 2.71. The van der Waals surface area contributed by atoms with Gasteiger partial charge in [0.25, 0.3) is 0 Å². The molecule has 0 radical (unpaired) electrons. The smallest absolute Gasteiger partial charge is 0.224 e. The number of hydrogen-bond donors (Lipinski definition) is 2. The van der Waals surface area contributed by atoms with Gasteiger partial charge in [-0.05, 0) is 11.6 Å². The van der Waals surface area contributed by atoms with E-state index in [9.17, 15) is 13.2 Å². The van der Waals surface area contributed by atoms with Crippen LogP contribution in [0.1, 0.15) is 5.56 Å². The number of aromatic nitrogens is 1. The monoisotopic (exact) mass is 280 g/mol. The van der Waals surface area contributed by atoms with Crippen LogP contribution >= 0.6 is 0 Å². The Bertz CT molecular complexity index is 689. The van der Waals surface area contributed by atoms with Crippen molar-refractivity contribution in [2.24, 2.45) is 0 Å². The lowest BCUT2D eigenvalue weighted by molar-refractivity contribution is -0.120. The third-order valence-corrected chi connectivity index (χ3v) is 3.77. The predicted octanol–water partition coefficient (Wildman–Crippen LogP) is 0.871. The number of para-hydroxylation sites is 1. The van der Waals surface area contributed by atoms with E-state index in [-0.39, 0.29) is 24.6 Å². The Labute approximate surface area is 111 Å². The highest BCUT2D eigenvalue weighted by Gasteiger charge is 2.09. The maximum atomic E-state index is 11.7. The van der Waals surface area contributed by atoms with Gasteiger partial charge >= 0.3 is 0 Å². The Hall–Kier alpha value is -1.82. The zero-order chi connectivity index (χ0) is 13.9. The zero-order valence-electron chi connectivity index (χ0n) is 10.6. The van der Waals surface area contributed by atoms with Crippen LogP contribution in [0.25, 0.3) is 10.9 Å². The molecule has 0 aliphatic rings. The van der Waals surface area contributed by atoms with E-state index in [1.807, 2.05) is 24.3 Å². The summed E-state index contributed by atoms with van der Waals surface area (Å²) in [6.07, 6.45) is 3.20. The summed E-state index contributed by atoms with van der Waals surface area (Å²) in [5, 5.41) is 3.62. The number of fused-ring (bicyclic) bond motifs is 1. The number of carbonyl (C=O) groups is 1. The second kappa shape index (κ2) is 5.44. The van der Waals surface area contributed by atoms with Gasteiger partial charge in [0.2, 0.25) is 5.91 Å². The lowest BCUT2D eigenvalue weighted by atomic mass is 10.1. The van der Waals surface area contributed by atoms with Gasteiger partial charge in [0, 0.05) is 29.9 Å². The molecule has 2 N–H and O–H groups in total. The van der Waals surface area contributed by atoms with Crippen LogP contribution in [0.4, 0.5) is 0 Å². The van der Waals surface area contributed by atoms with Crippen LogP contribution in [0.5, 0.6) is 0 Å². The van der Waals surface area contributed by atoms with Gasteiger partial charge in [-0.3, -0.25) is 4.79 Å². The molecule has 1 aromatic heterocycles. The van der Waals surface area contributed by atoms with E-state index in [1.165, 1.54) is 0 Å². The van der Waals surface area contributed by atoms with E-state index in [4.69, 9.17) is 0 Å². The predicted molar refractivity (Wildman–Crippen MR) is 74.7 cm³/mol. The Morgan fingerprint density at radius 3 is 2.79 bits per heavy atom. The van der Waals surface area contributed by atoms with Crippen molar-refractivity contribution in [2.75, 3.05) is 18.6 Å². The largest absolute Gasteiger partial charge is 0.361 e. The molecule has 1 amide bonds. The van der Waals surface area contributed by atoms with Gasteiger partial charge < -0.3 is 10.3 Å². The van der Waals surface area contributed by atoms with E-state index < -0.39 is 9.84 Å². The van der Waals surface area contributed by atoms with Gasteiger partial charge in [0.1, 0.15) is 9.84 Å². The van der Waals surface area contributed by atoms with E-state index in [0.29, 0.717) is 0 Å². The first-order valence-electron chi connectivity index (χ1n) is 5.95. The molecule has 0 atom stereocenters. The highest BCUT2D eigenvalue weighted by molar-refractivity contribution is 7.90. The molecule has 0 saturated carbocycles. The minimum absolute atomic E-state index is 0.0351. The lowest BCUT2D eigenvalue weighted by Gasteiger charge is -2.03. The number of hydrogen-bond acceptors (Lipinski definition) is 3. The lowest BCUT2D eigenvalue weighted by Crippen LogP contribution is -2.29. The number of nitrogens with one attached hydrogen (secondary N) is 2. The minimum Gasteiger partial charge on any atom is -0.361 e. The van der Waals surface area contributed by atoms with Crippen molar-refractivity contribution in [1.29, 1.82) is 0 Å². The van der Waals surface area contributed by atoms with Crippen molar-refractivity contribution < 1.29 is 13.2 Å². The van der Waals surface area contributed by atoms with Crippen LogP contribution in [-0.4, -0.2) is 37.9 Å². The topological polar surface area (TPSA) is 79.0 Å². The summed E-state index contributed by atoms with van der Waals surface area (Å²) in [4.78, 5) is 14.8. The molecule has 5 nitrogen and oxygen atoms in total. The molecule has 0 unspecified atom stereocenters. The van der Waals surface area contributed by atoms with Gasteiger partial charge in [-0.1, -0.05) is 18.2 Å². The van der Waals surface area contributed by atoms with Crippen molar-refractivity contribution >= 4 is 26.6 Å². The fourth-order valence-electron chi connectivity index (χ4n) is 1.89. The van der Waals surface area contributed by atoms with Crippen molar-refractivity contribution in [2.45, 2.75) is 6.42 Å². The molecule has 0 aliphatic heterocycles. The maximum absolute atomic E-state index is 11.7. The summed E-state index contributed by atoms with van der Waals surface area (Å²) < 4.78 is 21.9. The SMILES string of the molecule is CS(=O)(=O)CCNC(=O)Cc1c[nH]c2ccccc12. The van der Waals surface area contributed by atoms with Gasteiger partial charge in [0.05, 0.1) is 12.2 Å². The highest BCUT2D eigenvalue weighted by Crippen LogP contribution is 2.17. The van der Waals surface area contributed by atoms with Gasteiger partial charge in [-0.25, -0.2) is 8.42 Å². The summed E-state index contributed by atoms with van der Waals surface area (Å²) in [7, 11) is -3.04. The van der Waals surface area contributed by atoms with Crippen molar-refractivity contribution in [1.82, 2.24) is 10.3 Å². The van der Waals surface area contributed by atoms with E-state index >= 15 is 0 Å². The fourth-order valence-corrected chi connectivity index (χ4v) is 2.36. The van der Waals surface area contributed by atoms with Gasteiger partial charge in [-0.15, -0.1) is 0 Å². The van der Waals surface area contributed by atoms with Gasteiger partial charge in [-0.2, -0.15) is 0 Å². The van der Waals surface area contributed by atoms with E-state index in [2.05, 4.69) is 10.3 Å². The van der Waals surface area contributed by atoms with Crippen LogP contribution in [0, 0.1) is 0 Å². The number of H-pyrrole nitrogens is 1. The van der Waals surface area contributed by atoms with E-state index in [0.717, 1.165) is 22.7 Å². The third kappa shape index (κ3) is 3.82. The van der Waals surface area contributed by atoms with Crippen LogP contribution in [-0.2, 0) is 21.1 Å². The Morgan fingerprint density at radius 1 is 1.32 bits per heavy atom. The molecule has 1 heterocycles. The summed E-state index contributed by atoms with van der Waals surface area (Å²) in [5.41, 5.74) is 1.90. The normalized spacial score (nSPS) is 11.6. The Balaban J connectivity index is 1.96. The first-order valence-corrected chi connectivity index (χ1v) is 8.01. The highest BCUT2D eigenvalue weighted by atomic mass is 32.2. The minimum atomic E-state index is -3.04. The van der Waals surface area contributed by atoms with Crippen LogP contribution in [0.15, 0.2) is 30.5 Å². The second-order valence-corrected chi connectivity index (χ2v) is 6.78. The number of carbonyl (C=O) groups excluding carboxylic acids is 1. The van der Waals surface area contributed by atoms with Crippen LogP contribution in [0.3, 0.4) is 0 Å². The molecule has 0 spiro atoms. The molecule has 6 heteroatoms. The molecule has 0 bridgehead atoms. The molecule has 1 aromatic carbocycles. The number of amides is 1. The molecule has 19 heavy (non-hydrogen) atoms. The van der Waals surface area contributed by atoms with Crippen molar-refractivity contribution in [3.05, 3.63) is 36.0 Å². The molecule has 2 aromatic rings.